The number of ether oxygens (including phenoxy) is 1. The van der Waals surface area contributed by atoms with Gasteiger partial charge in [-0.15, -0.1) is 0 Å². The zero-order valence-electron chi connectivity index (χ0n) is 11.3. The number of hydrogen-bond acceptors (Lipinski definition) is 2. The van der Waals surface area contributed by atoms with Gasteiger partial charge in [-0.1, -0.05) is 18.2 Å². The molecule has 2 nitrogen and oxygen atoms in total. The molecule has 0 spiro atoms. The van der Waals surface area contributed by atoms with Crippen molar-refractivity contribution in [3.63, 3.8) is 0 Å². The molecule has 2 aromatic rings. The summed E-state index contributed by atoms with van der Waals surface area (Å²) in [5.41, 5.74) is 1.69. The number of hydrogen-bond donors (Lipinski definition) is 1. The number of aliphatic hydroxyl groups excluding tert-OH is 1. The molecule has 0 fully saturated rings. The fourth-order valence-corrected chi connectivity index (χ4v) is 2.52. The first-order valence-corrected chi connectivity index (χ1v) is 7.95. The first kappa shape index (κ1) is 15.5. The lowest BCUT2D eigenvalue weighted by Gasteiger charge is -2.14. The standard InChI is InChI=1S/C16H16Br2O2/c1-10(2)20-13-6-3-11(4-7-13)16(19)12-5-8-14(17)15(18)9-12/h3-10,16,19H,1-2H3. The molecule has 0 aliphatic carbocycles. The summed E-state index contributed by atoms with van der Waals surface area (Å²) in [6, 6.07) is 13.3. The summed E-state index contributed by atoms with van der Waals surface area (Å²) in [6.45, 7) is 3.98. The van der Waals surface area contributed by atoms with Crippen molar-refractivity contribution >= 4 is 31.9 Å². The van der Waals surface area contributed by atoms with Crippen LogP contribution in [0.5, 0.6) is 5.75 Å². The molecule has 2 rings (SSSR count). The number of halogens is 2. The van der Waals surface area contributed by atoms with E-state index in [9.17, 15) is 5.11 Å². The molecule has 106 valence electrons. The summed E-state index contributed by atoms with van der Waals surface area (Å²) in [4.78, 5) is 0. The zero-order chi connectivity index (χ0) is 14.7. The van der Waals surface area contributed by atoms with Gasteiger partial charge in [0.1, 0.15) is 11.9 Å². The van der Waals surface area contributed by atoms with Crippen LogP contribution in [0.4, 0.5) is 0 Å². The molecule has 0 aliphatic heterocycles. The average Bonchev–Trinajstić information content (AvgIpc) is 2.41. The fraction of sp³-hybridized carbons (Fsp3) is 0.250. The van der Waals surface area contributed by atoms with Crippen LogP contribution >= 0.6 is 31.9 Å². The number of aliphatic hydroxyl groups is 1. The number of rotatable bonds is 4. The maximum absolute atomic E-state index is 10.4. The van der Waals surface area contributed by atoms with E-state index in [0.29, 0.717) is 0 Å². The second-order valence-corrected chi connectivity index (χ2v) is 6.52. The minimum absolute atomic E-state index is 0.146. The van der Waals surface area contributed by atoms with Gasteiger partial charge >= 0.3 is 0 Å². The molecule has 0 saturated carbocycles. The Kier molecular flexibility index (Phi) is 5.24. The number of benzene rings is 2. The minimum Gasteiger partial charge on any atom is -0.491 e. The second kappa shape index (κ2) is 6.74. The van der Waals surface area contributed by atoms with E-state index in [-0.39, 0.29) is 6.10 Å². The topological polar surface area (TPSA) is 29.5 Å². The van der Waals surface area contributed by atoms with E-state index in [1.165, 1.54) is 0 Å². The van der Waals surface area contributed by atoms with Crippen LogP contribution in [-0.4, -0.2) is 11.2 Å². The van der Waals surface area contributed by atoms with Gasteiger partial charge in [-0.3, -0.25) is 0 Å². The summed E-state index contributed by atoms with van der Waals surface area (Å²) >= 11 is 6.87. The van der Waals surface area contributed by atoms with Crippen LogP contribution in [0.1, 0.15) is 31.1 Å². The van der Waals surface area contributed by atoms with Gasteiger partial charge in [-0.25, -0.2) is 0 Å². The Morgan fingerprint density at radius 1 is 0.900 bits per heavy atom. The van der Waals surface area contributed by atoms with E-state index in [2.05, 4.69) is 31.9 Å². The quantitative estimate of drug-likeness (QED) is 0.776. The Labute approximate surface area is 136 Å². The van der Waals surface area contributed by atoms with Crippen molar-refractivity contribution in [2.75, 3.05) is 0 Å². The lowest BCUT2D eigenvalue weighted by Crippen LogP contribution is -2.06. The minimum atomic E-state index is -0.646. The van der Waals surface area contributed by atoms with Crippen LogP contribution in [0.3, 0.4) is 0 Å². The van der Waals surface area contributed by atoms with Crippen molar-refractivity contribution in [3.05, 3.63) is 62.5 Å². The third-order valence-electron chi connectivity index (χ3n) is 2.83. The first-order chi connectivity index (χ1) is 9.47. The van der Waals surface area contributed by atoms with Crippen LogP contribution in [0.15, 0.2) is 51.4 Å². The van der Waals surface area contributed by atoms with E-state index in [1.54, 1.807) is 0 Å². The van der Waals surface area contributed by atoms with Crippen LogP contribution in [0.2, 0.25) is 0 Å². The van der Waals surface area contributed by atoms with E-state index < -0.39 is 6.10 Å². The largest absolute Gasteiger partial charge is 0.491 e. The second-order valence-electron chi connectivity index (χ2n) is 4.81. The molecule has 0 aliphatic rings. The third-order valence-corrected chi connectivity index (χ3v) is 4.71. The SMILES string of the molecule is CC(C)Oc1ccc(C(O)c2ccc(Br)c(Br)c2)cc1. The summed E-state index contributed by atoms with van der Waals surface area (Å²) in [5, 5.41) is 10.4. The molecule has 2 aromatic carbocycles. The van der Waals surface area contributed by atoms with Crippen molar-refractivity contribution in [3.8, 4) is 5.75 Å². The molecule has 0 radical (unpaired) electrons. The van der Waals surface area contributed by atoms with E-state index >= 15 is 0 Å². The molecule has 1 atom stereocenters. The molecule has 0 aromatic heterocycles. The van der Waals surface area contributed by atoms with Gasteiger partial charge in [0.05, 0.1) is 6.10 Å². The maximum Gasteiger partial charge on any atom is 0.119 e. The smallest absolute Gasteiger partial charge is 0.119 e. The average molecular weight is 400 g/mol. The van der Waals surface area contributed by atoms with Crippen molar-refractivity contribution in [1.29, 1.82) is 0 Å². The van der Waals surface area contributed by atoms with Gasteiger partial charge in [-0.2, -0.15) is 0 Å². The van der Waals surface area contributed by atoms with Crippen LogP contribution in [0, 0.1) is 0 Å². The Morgan fingerprint density at radius 3 is 2.05 bits per heavy atom. The summed E-state index contributed by atoms with van der Waals surface area (Å²) in [7, 11) is 0. The molecular weight excluding hydrogens is 384 g/mol. The van der Waals surface area contributed by atoms with Crippen molar-refractivity contribution < 1.29 is 9.84 Å². The van der Waals surface area contributed by atoms with Crippen LogP contribution in [0.25, 0.3) is 0 Å². The Hall–Kier alpha value is -0.840. The van der Waals surface area contributed by atoms with Gasteiger partial charge in [0, 0.05) is 8.95 Å². The van der Waals surface area contributed by atoms with Crippen LogP contribution in [-0.2, 0) is 0 Å². The highest BCUT2D eigenvalue weighted by atomic mass is 79.9. The van der Waals surface area contributed by atoms with Crippen LogP contribution < -0.4 is 4.74 Å². The predicted octanol–water partition coefficient (Wildman–Crippen LogP) is 5.08. The van der Waals surface area contributed by atoms with Crippen molar-refractivity contribution in [2.45, 2.75) is 26.1 Å². The monoisotopic (exact) mass is 398 g/mol. The molecule has 0 heterocycles. The highest BCUT2D eigenvalue weighted by molar-refractivity contribution is 9.13. The highest BCUT2D eigenvalue weighted by Gasteiger charge is 2.12. The molecule has 1 N–H and O–H groups in total. The van der Waals surface area contributed by atoms with Gasteiger partial charge in [-0.05, 0) is 81.1 Å². The normalized spacial score (nSPS) is 12.5. The third kappa shape index (κ3) is 3.84. The Morgan fingerprint density at radius 2 is 1.50 bits per heavy atom. The molecule has 1 unspecified atom stereocenters. The van der Waals surface area contributed by atoms with Gasteiger partial charge in [0.15, 0.2) is 0 Å². The zero-order valence-corrected chi connectivity index (χ0v) is 14.5. The predicted molar refractivity (Wildman–Crippen MR) is 88.1 cm³/mol. The lowest BCUT2D eigenvalue weighted by molar-refractivity contribution is 0.219. The van der Waals surface area contributed by atoms with Crippen molar-refractivity contribution in [2.24, 2.45) is 0 Å². The Balaban J connectivity index is 2.20. The van der Waals surface area contributed by atoms with E-state index in [4.69, 9.17) is 4.74 Å². The summed E-state index contributed by atoms with van der Waals surface area (Å²) < 4.78 is 7.49. The molecule has 0 bridgehead atoms. The summed E-state index contributed by atoms with van der Waals surface area (Å²) in [6.07, 6.45) is -0.499. The maximum atomic E-state index is 10.4. The molecular formula is C16H16Br2O2. The summed E-state index contributed by atoms with van der Waals surface area (Å²) in [5.74, 6) is 0.813. The van der Waals surface area contributed by atoms with Gasteiger partial charge < -0.3 is 9.84 Å². The Bertz CT molecular complexity index is 580. The molecule has 0 saturated heterocycles. The molecule has 20 heavy (non-hydrogen) atoms. The van der Waals surface area contributed by atoms with Crippen molar-refractivity contribution in [1.82, 2.24) is 0 Å². The highest BCUT2D eigenvalue weighted by Crippen LogP contribution is 2.30. The van der Waals surface area contributed by atoms with Gasteiger partial charge in [0.25, 0.3) is 0 Å². The molecule has 4 heteroatoms. The van der Waals surface area contributed by atoms with E-state index in [1.807, 2.05) is 56.3 Å². The fourth-order valence-electron chi connectivity index (χ4n) is 1.88. The van der Waals surface area contributed by atoms with Gasteiger partial charge in [0.2, 0.25) is 0 Å². The lowest BCUT2D eigenvalue weighted by atomic mass is 10.0. The van der Waals surface area contributed by atoms with E-state index in [0.717, 1.165) is 25.8 Å². The first-order valence-electron chi connectivity index (χ1n) is 6.37. The molecule has 0 amide bonds.